The minimum atomic E-state index is -0.547. The van der Waals surface area contributed by atoms with Gasteiger partial charge in [0.15, 0.2) is 11.5 Å². The molecular weight excluding hydrogens is 462 g/mol. The highest BCUT2D eigenvalue weighted by molar-refractivity contribution is 6.33. The Morgan fingerprint density at radius 3 is 2.59 bits per heavy atom. The minimum Gasteiger partial charge on any atom is -0.493 e. The molecule has 0 bridgehead atoms. The third-order valence-corrected chi connectivity index (χ3v) is 5.17. The van der Waals surface area contributed by atoms with Crippen LogP contribution in [0, 0.1) is 21.4 Å². The zero-order chi connectivity index (χ0) is 24.7. The van der Waals surface area contributed by atoms with Crippen molar-refractivity contribution < 1.29 is 23.6 Å². The van der Waals surface area contributed by atoms with Gasteiger partial charge in [-0.1, -0.05) is 17.7 Å². The number of carbonyl (C=O) groups excluding carboxylic acids is 1. The van der Waals surface area contributed by atoms with Crippen LogP contribution < -0.4 is 14.8 Å². The summed E-state index contributed by atoms with van der Waals surface area (Å²) in [5.74, 6) is 1.26. The number of benzene rings is 2. The van der Waals surface area contributed by atoms with E-state index in [-0.39, 0.29) is 22.0 Å². The molecule has 0 aliphatic carbocycles. The van der Waals surface area contributed by atoms with Crippen molar-refractivity contribution in [2.75, 3.05) is 20.8 Å². The maximum absolute atomic E-state index is 12.5. The van der Waals surface area contributed by atoms with Gasteiger partial charge in [-0.05, 0) is 42.3 Å². The second kappa shape index (κ2) is 11.0. The molecule has 1 amide bonds. The molecule has 0 saturated carbocycles. The molecule has 9 nitrogen and oxygen atoms in total. The highest BCUT2D eigenvalue weighted by Crippen LogP contribution is 2.32. The molecule has 0 fully saturated rings. The Kier molecular flexibility index (Phi) is 7.90. The van der Waals surface area contributed by atoms with Crippen molar-refractivity contribution >= 4 is 29.3 Å². The molecule has 0 aliphatic heterocycles. The summed E-state index contributed by atoms with van der Waals surface area (Å²) < 4.78 is 16.1. The largest absolute Gasteiger partial charge is 0.493 e. The monoisotopic (exact) mass is 481 g/mol. The number of nitro benzene ring substituents is 1. The van der Waals surface area contributed by atoms with E-state index in [4.69, 9.17) is 25.5 Å². The first-order valence-electron chi connectivity index (χ1n) is 10.0. The van der Waals surface area contributed by atoms with E-state index in [2.05, 4.69) is 5.32 Å². The molecule has 3 rings (SSSR count). The summed E-state index contributed by atoms with van der Waals surface area (Å²) in [5, 5.41) is 23.1. The predicted molar refractivity (Wildman–Crippen MR) is 126 cm³/mol. The van der Waals surface area contributed by atoms with E-state index in [0.717, 1.165) is 5.56 Å². The Balaban J connectivity index is 1.66. The van der Waals surface area contributed by atoms with E-state index in [1.54, 1.807) is 32.4 Å². The molecule has 1 heterocycles. The summed E-state index contributed by atoms with van der Waals surface area (Å²) in [5.41, 5.74) is 1.10. The quantitative estimate of drug-likeness (QED) is 0.201. The van der Waals surface area contributed by atoms with Gasteiger partial charge in [-0.2, -0.15) is 5.26 Å². The van der Waals surface area contributed by atoms with Crippen molar-refractivity contribution in [3.05, 3.63) is 80.6 Å². The van der Waals surface area contributed by atoms with Gasteiger partial charge >= 0.3 is 0 Å². The fraction of sp³-hybridized carbons (Fsp3) is 0.167. The van der Waals surface area contributed by atoms with Crippen molar-refractivity contribution in [2.24, 2.45) is 0 Å². The van der Waals surface area contributed by atoms with E-state index >= 15 is 0 Å². The van der Waals surface area contributed by atoms with Gasteiger partial charge in [0.2, 0.25) is 0 Å². The third kappa shape index (κ3) is 5.74. The molecule has 1 N–H and O–H groups in total. The molecule has 0 spiro atoms. The van der Waals surface area contributed by atoms with E-state index in [9.17, 15) is 20.2 Å². The number of hydrogen-bond acceptors (Lipinski definition) is 7. The SMILES string of the molecule is COc1ccc(CCNC(=O)/C(C#N)=C/c2ccc(-c3ccc([N+](=O)[O-])cc3Cl)o2)cc1OC. The average Bonchev–Trinajstić information content (AvgIpc) is 3.30. The average molecular weight is 482 g/mol. The lowest BCUT2D eigenvalue weighted by molar-refractivity contribution is -0.384. The number of nitrogens with one attached hydrogen (secondary N) is 1. The van der Waals surface area contributed by atoms with Crippen LogP contribution in [0.3, 0.4) is 0 Å². The van der Waals surface area contributed by atoms with E-state index in [0.29, 0.717) is 35.8 Å². The molecule has 10 heteroatoms. The molecule has 3 aromatic rings. The molecule has 1 aromatic heterocycles. The molecule has 174 valence electrons. The van der Waals surface area contributed by atoms with E-state index in [1.807, 2.05) is 18.2 Å². The van der Waals surface area contributed by atoms with Gasteiger partial charge in [0.25, 0.3) is 11.6 Å². The summed E-state index contributed by atoms with van der Waals surface area (Å²) in [4.78, 5) is 22.8. The third-order valence-electron chi connectivity index (χ3n) is 4.85. The number of nitrogens with zero attached hydrogens (tertiary/aromatic N) is 2. The number of nitriles is 1. The first-order chi connectivity index (χ1) is 16.4. The highest BCUT2D eigenvalue weighted by Gasteiger charge is 2.15. The summed E-state index contributed by atoms with van der Waals surface area (Å²) >= 11 is 6.13. The molecule has 0 aliphatic rings. The Labute approximate surface area is 200 Å². The number of ether oxygens (including phenoxy) is 2. The highest BCUT2D eigenvalue weighted by atomic mass is 35.5. The first kappa shape index (κ1) is 24.4. The van der Waals surface area contributed by atoms with Gasteiger partial charge < -0.3 is 19.2 Å². The van der Waals surface area contributed by atoms with Crippen LogP contribution in [-0.4, -0.2) is 31.6 Å². The fourth-order valence-corrected chi connectivity index (χ4v) is 3.40. The van der Waals surface area contributed by atoms with Crippen molar-refractivity contribution in [3.63, 3.8) is 0 Å². The zero-order valence-corrected chi connectivity index (χ0v) is 19.1. The van der Waals surface area contributed by atoms with E-state index < -0.39 is 10.8 Å². The number of furan rings is 1. The van der Waals surface area contributed by atoms with E-state index in [1.165, 1.54) is 24.3 Å². The molecule has 0 atom stereocenters. The predicted octanol–water partition coefficient (Wildman–Crippen LogP) is 4.79. The summed E-state index contributed by atoms with van der Waals surface area (Å²) in [6.07, 6.45) is 1.84. The maximum Gasteiger partial charge on any atom is 0.270 e. The summed E-state index contributed by atoms with van der Waals surface area (Å²) in [6, 6.07) is 14.5. The smallest absolute Gasteiger partial charge is 0.270 e. The van der Waals surface area contributed by atoms with Gasteiger partial charge in [-0.15, -0.1) is 0 Å². The van der Waals surface area contributed by atoms with Crippen LogP contribution in [0.25, 0.3) is 17.4 Å². The standard InChI is InChI=1S/C24H20ClN3O6/c1-32-22-7-3-15(11-23(22)33-2)9-10-27-24(29)16(14-26)12-18-5-8-21(34-18)19-6-4-17(28(30)31)13-20(19)25/h3-8,11-13H,9-10H2,1-2H3,(H,27,29)/b16-12+. The normalized spacial score (nSPS) is 10.9. The van der Waals surface area contributed by atoms with Gasteiger partial charge in [0, 0.05) is 30.3 Å². The van der Waals surface area contributed by atoms with Crippen LogP contribution in [0.4, 0.5) is 5.69 Å². The van der Waals surface area contributed by atoms with Crippen LogP contribution in [0.2, 0.25) is 5.02 Å². The summed E-state index contributed by atoms with van der Waals surface area (Å²) in [6.45, 7) is 0.301. The maximum atomic E-state index is 12.5. The van der Waals surface area contributed by atoms with Crippen LogP contribution in [0.15, 0.2) is 58.5 Å². The number of methoxy groups -OCH3 is 2. The molecule has 0 unspecified atom stereocenters. The minimum absolute atomic E-state index is 0.136. The van der Waals surface area contributed by atoms with Crippen LogP contribution in [0.5, 0.6) is 11.5 Å². The van der Waals surface area contributed by atoms with Crippen molar-refractivity contribution in [2.45, 2.75) is 6.42 Å². The fourth-order valence-electron chi connectivity index (χ4n) is 3.14. The summed E-state index contributed by atoms with van der Waals surface area (Å²) in [7, 11) is 3.10. The number of rotatable bonds is 9. The van der Waals surface area contributed by atoms with Gasteiger partial charge in [0.05, 0.1) is 24.2 Å². The Bertz CT molecular complexity index is 1290. The number of carbonyl (C=O) groups is 1. The molecule has 2 aromatic carbocycles. The van der Waals surface area contributed by atoms with Gasteiger partial charge in [0.1, 0.15) is 23.2 Å². The van der Waals surface area contributed by atoms with Crippen LogP contribution in [0.1, 0.15) is 11.3 Å². The number of halogens is 1. The molecule has 0 saturated heterocycles. The topological polar surface area (TPSA) is 128 Å². The number of hydrogen-bond donors (Lipinski definition) is 1. The Morgan fingerprint density at radius 2 is 1.94 bits per heavy atom. The molecular formula is C24H20ClN3O6. The number of nitro groups is 1. The van der Waals surface area contributed by atoms with Crippen molar-refractivity contribution in [1.82, 2.24) is 5.32 Å². The molecule has 34 heavy (non-hydrogen) atoms. The van der Waals surface area contributed by atoms with Crippen LogP contribution in [-0.2, 0) is 11.2 Å². The van der Waals surface area contributed by atoms with Crippen molar-refractivity contribution in [1.29, 1.82) is 5.26 Å². The Hall–Kier alpha value is -4.29. The number of amides is 1. The first-order valence-corrected chi connectivity index (χ1v) is 10.4. The van der Waals surface area contributed by atoms with Crippen molar-refractivity contribution in [3.8, 4) is 28.9 Å². The molecule has 0 radical (unpaired) electrons. The van der Waals surface area contributed by atoms with Crippen LogP contribution >= 0.6 is 11.6 Å². The number of non-ortho nitro benzene ring substituents is 1. The zero-order valence-electron chi connectivity index (χ0n) is 18.3. The second-order valence-electron chi connectivity index (χ2n) is 6.99. The lowest BCUT2D eigenvalue weighted by atomic mass is 10.1. The Morgan fingerprint density at radius 1 is 1.18 bits per heavy atom. The van der Waals surface area contributed by atoms with Gasteiger partial charge in [-0.3, -0.25) is 14.9 Å². The second-order valence-corrected chi connectivity index (χ2v) is 7.40. The lowest BCUT2D eigenvalue weighted by Crippen LogP contribution is -2.26. The lowest BCUT2D eigenvalue weighted by Gasteiger charge is -2.10. The van der Waals surface area contributed by atoms with Gasteiger partial charge in [-0.25, -0.2) is 0 Å².